The van der Waals surface area contributed by atoms with E-state index in [1.54, 1.807) is 19.2 Å². The molecule has 0 saturated carbocycles. The number of hydrogen-bond acceptors (Lipinski definition) is 7. The fraction of sp³-hybridized carbons (Fsp3) is 0.381. The third kappa shape index (κ3) is 6.84. The van der Waals surface area contributed by atoms with E-state index in [-0.39, 0.29) is 17.0 Å². The maximum absolute atomic E-state index is 12.9. The Morgan fingerprint density at radius 3 is 2.39 bits per heavy atom. The standard InChI is InChI=1S/C21H28N2O7S/c1-28-12-4-10-22-17-7-6-16(21(24)25)14-20(17)31(26,27)23-11-9-15-5-8-18(29-2)19(13-15)30-3/h5-8,13-14,22-23H,4,9-12H2,1-3H3,(H,24,25). The zero-order valence-corrected chi connectivity index (χ0v) is 18.6. The number of nitrogens with one attached hydrogen (secondary N) is 2. The predicted molar refractivity (Wildman–Crippen MR) is 117 cm³/mol. The number of ether oxygens (including phenoxy) is 3. The van der Waals surface area contributed by atoms with Crippen LogP contribution in [0, 0.1) is 0 Å². The van der Waals surface area contributed by atoms with E-state index in [2.05, 4.69) is 10.0 Å². The van der Waals surface area contributed by atoms with Crippen LogP contribution in [-0.2, 0) is 21.2 Å². The molecular weight excluding hydrogens is 424 g/mol. The van der Waals surface area contributed by atoms with Crippen LogP contribution in [0.5, 0.6) is 11.5 Å². The molecule has 0 fully saturated rings. The predicted octanol–water partition coefficient (Wildman–Crippen LogP) is 2.37. The summed E-state index contributed by atoms with van der Waals surface area (Å²) < 4.78 is 43.8. The monoisotopic (exact) mass is 452 g/mol. The van der Waals surface area contributed by atoms with Gasteiger partial charge in [-0.1, -0.05) is 6.07 Å². The van der Waals surface area contributed by atoms with Crippen LogP contribution in [0.15, 0.2) is 41.3 Å². The summed E-state index contributed by atoms with van der Waals surface area (Å²) in [5.41, 5.74) is 1.08. The average Bonchev–Trinajstić information content (AvgIpc) is 2.76. The van der Waals surface area contributed by atoms with Gasteiger partial charge < -0.3 is 24.6 Å². The van der Waals surface area contributed by atoms with Gasteiger partial charge in [-0.25, -0.2) is 17.9 Å². The van der Waals surface area contributed by atoms with Crippen LogP contribution in [-0.4, -0.2) is 60.5 Å². The first-order valence-electron chi connectivity index (χ1n) is 9.63. The number of rotatable bonds is 13. The molecule has 0 bridgehead atoms. The summed E-state index contributed by atoms with van der Waals surface area (Å²) in [6.45, 7) is 1.12. The Hall–Kier alpha value is -2.82. The van der Waals surface area contributed by atoms with E-state index in [1.807, 2.05) is 6.07 Å². The molecule has 0 spiro atoms. The normalized spacial score (nSPS) is 11.2. The molecule has 0 unspecified atom stereocenters. The fourth-order valence-electron chi connectivity index (χ4n) is 2.91. The molecule has 2 aromatic carbocycles. The minimum absolute atomic E-state index is 0.109. The summed E-state index contributed by atoms with van der Waals surface area (Å²) in [6.07, 6.45) is 1.08. The highest BCUT2D eigenvalue weighted by molar-refractivity contribution is 7.89. The van der Waals surface area contributed by atoms with E-state index >= 15 is 0 Å². The van der Waals surface area contributed by atoms with Gasteiger partial charge in [-0.05, 0) is 48.7 Å². The van der Waals surface area contributed by atoms with Gasteiger partial charge in [-0.15, -0.1) is 0 Å². The first-order chi connectivity index (χ1) is 14.8. The summed E-state index contributed by atoms with van der Waals surface area (Å²) in [7, 11) is 0.700. The second kappa shape index (κ2) is 11.5. The Bertz CT molecular complexity index is 993. The molecule has 170 valence electrons. The van der Waals surface area contributed by atoms with E-state index < -0.39 is 16.0 Å². The Balaban J connectivity index is 2.15. The summed E-state index contributed by atoms with van der Waals surface area (Å²) in [6, 6.07) is 9.33. The Morgan fingerprint density at radius 2 is 1.74 bits per heavy atom. The lowest BCUT2D eigenvalue weighted by molar-refractivity contribution is 0.0696. The van der Waals surface area contributed by atoms with Crippen molar-refractivity contribution in [1.82, 2.24) is 4.72 Å². The molecule has 0 aliphatic carbocycles. The zero-order chi connectivity index (χ0) is 22.9. The molecule has 10 heteroatoms. The summed E-state index contributed by atoms with van der Waals surface area (Å²) in [5.74, 6) is -0.0613. The lowest BCUT2D eigenvalue weighted by atomic mass is 10.1. The SMILES string of the molecule is COCCCNc1ccc(C(=O)O)cc1S(=O)(=O)NCCc1ccc(OC)c(OC)c1. The van der Waals surface area contributed by atoms with Crippen LogP contribution in [0.4, 0.5) is 5.69 Å². The van der Waals surface area contributed by atoms with Crippen molar-refractivity contribution in [2.75, 3.05) is 46.3 Å². The molecule has 2 aromatic rings. The van der Waals surface area contributed by atoms with E-state index in [0.717, 1.165) is 11.6 Å². The Labute approximate surface area is 182 Å². The van der Waals surface area contributed by atoms with Gasteiger partial charge in [0.05, 0.1) is 25.5 Å². The molecule has 0 amide bonds. The van der Waals surface area contributed by atoms with Crippen molar-refractivity contribution >= 4 is 21.7 Å². The number of benzene rings is 2. The van der Waals surface area contributed by atoms with Gasteiger partial charge in [0.2, 0.25) is 10.0 Å². The maximum Gasteiger partial charge on any atom is 0.335 e. The van der Waals surface area contributed by atoms with Gasteiger partial charge in [0.25, 0.3) is 0 Å². The molecular formula is C21H28N2O7S. The minimum atomic E-state index is -3.95. The number of sulfonamides is 1. The molecule has 31 heavy (non-hydrogen) atoms. The number of carboxylic acid groups (broad SMARTS) is 1. The van der Waals surface area contributed by atoms with Crippen molar-refractivity contribution in [3.63, 3.8) is 0 Å². The molecule has 0 radical (unpaired) electrons. The second-order valence-electron chi connectivity index (χ2n) is 6.63. The van der Waals surface area contributed by atoms with Crippen molar-refractivity contribution in [1.29, 1.82) is 0 Å². The smallest absolute Gasteiger partial charge is 0.335 e. The van der Waals surface area contributed by atoms with Gasteiger partial charge in [0, 0.05) is 26.8 Å². The van der Waals surface area contributed by atoms with E-state index in [0.29, 0.717) is 43.2 Å². The largest absolute Gasteiger partial charge is 0.493 e. The van der Waals surface area contributed by atoms with E-state index in [1.165, 1.54) is 26.4 Å². The first-order valence-corrected chi connectivity index (χ1v) is 11.1. The second-order valence-corrected chi connectivity index (χ2v) is 8.36. The molecule has 0 aromatic heterocycles. The van der Waals surface area contributed by atoms with Gasteiger partial charge >= 0.3 is 5.97 Å². The van der Waals surface area contributed by atoms with Crippen molar-refractivity contribution in [3.05, 3.63) is 47.5 Å². The Kier molecular flexibility index (Phi) is 9.10. The molecule has 0 aliphatic rings. The third-order valence-electron chi connectivity index (χ3n) is 4.51. The summed E-state index contributed by atoms with van der Waals surface area (Å²) in [5, 5.41) is 12.3. The van der Waals surface area contributed by atoms with Crippen LogP contribution in [0.1, 0.15) is 22.3 Å². The van der Waals surface area contributed by atoms with Crippen molar-refractivity contribution < 1.29 is 32.5 Å². The van der Waals surface area contributed by atoms with Gasteiger partial charge in [-0.2, -0.15) is 0 Å². The fourth-order valence-corrected chi connectivity index (χ4v) is 4.15. The summed E-state index contributed by atoms with van der Waals surface area (Å²) >= 11 is 0. The highest BCUT2D eigenvalue weighted by atomic mass is 32.2. The van der Waals surface area contributed by atoms with Crippen LogP contribution >= 0.6 is 0 Å². The van der Waals surface area contributed by atoms with Crippen molar-refractivity contribution in [3.8, 4) is 11.5 Å². The number of methoxy groups -OCH3 is 3. The first kappa shape index (κ1) is 24.4. The average molecular weight is 453 g/mol. The highest BCUT2D eigenvalue weighted by Gasteiger charge is 2.20. The topological polar surface area (TPSA) is 123 Å². The quantitative estimate of drug-likeness (QED) is 0.396. The molecule has 9 nitrogen and oxygen atoms in total. The van der Waals surface area contributed by atoms with Gasteiger partial charge in [0.15, 0.2) is 11.5 Å². The third-order valence-corrected chi connectivity index (χ3v) is 6.01. The van der Waals surface area contributed by atoms with Crippen LogP contribution in [0.2, 0.25) is 0 Å². The molecule has 0 heterocycles. The highest BCUT2D eigenvalue weighted by Crippen LogP contribution is 2.28. The zero-order valence-electron chi connectivity index (χ0n) is 17.8. The van der Waals surface area contributed by atoms with E-state index in [9.17, 15) is 18.3 Å². The van der Waals surface area contributed by atoms with Crippen LogP contribution in [0.3, 0.4) is 0 Å². The molecule has 0 aliphatic heterocycles. The number of hydrogen-bond donors (Lipinski definition) is 3. The number of aromatic carboxylic acids is 1. The summed E-state index contributed by atoms with van der Waals surface area (Å²) in [4.78, 5) is 11.2. The van der Waals surface area contributed by atoms with E-state index in [4.69, 9.17) is 14.2 Å². The maximum atomic E-state index is 12.9. The van der Waals surface area contributed by atoms with Crippen LogP contribution < -0.4 is 19.5 Å². The van der Waals surface area contributed by atoms with Crippen molar-refractivity contribution in [2.45, 2.75) is 17.7 Å². The lowest BCUT2D eigenvalue weighted by Gasteiger charge is -2.14. The molecule has 2 rings (SSSR count). The number of anilines is 1. The minimum Gasteiger partial charge on any atom is -0.493 e. The van der Waals surface area contributed by atoms with Gasteiger partial charge in [-0.3, -0.25) is 0 Å². The molecule has 0 saturated heterocycles. The van der Waals surface area contributed by atoms with Crippen molar-refractivity contribution in [2.24, 2.45) is 0 Å². The Morgan fingerprint density at radius 1 is 1.00 bits per heavy atom. The van der Waals surface area contributed by atoms with Gasteiger partial charge in [0.1, 0.15) is 4.90 Å². The van der Waals surface area contributed by atoms with Crippen LogP contribution in [0.25, 0.3) is 0 Å². The number of carboxylic acids is 1. The molecule has 3 N–H and O–H groups in total. The number of carbonyl (C=O) groups is 1. The molecule has 0 atom stereocenters. The lowest BCUT2D eigenvalue weighted by Crippen LogP contribution is -2.27.